The minimum atomic E-state index is 0.208. The fourth-order valence-electron chi connectivity index (χ4n) is 1.97. The molecule has 2 aromatic rings. The Morgan fingerprint density at radius 2 is 1.95 bits per heavy atom. The quantitative estimate of drug-likeness (QED) is 0.760. The van der Waals surface area contributed by atoms with Crippen LogP contribution in [0.3, 0.4) is 0 Å². The number of hydrogen-bond donors (Lipinski definition) is 2. The second-order valence-electron chi connectivity index (χ2n) is 4.98. The molecular formula is C14H18Br2N4O. The van der Waals surface area contributed by atoms with Gasteiger partial charge in [0.15, 0.2) is 5.82 Å². The van der Waals surface area contributed by atoms with Crippen LogP contribution in [0.4, 0.5) is 17.2 Å². The molecule has 0 saturated heterocycles. The highest BCUT2D eigenvalue weighted by Gasteiger charge is 2.16. The number of aromatic nitrogens is 2. The molecule has 0 aliphatic heterocycles. The molecule has 0 atom stereocenters. The van der Waals surface area contributed by atoms with Gasteiger partial charge in [-0.2, -0.15) is 5.10 Å². The highest BCUT2D eigenvalue weighted by molar-refractivity contribution is 9.11. The first kappa shape index (κ1) is 16.2. The van der Waals surface area contributed by atoms with E-state index in [1.54, 1.807) is 7.11 Å². The molecule has 1 heterocycles. The van der Waals surface area contributed by atoms with E-state index in [2.05, 4.69) is 56.1 Å². The molecule has 0 saturated carbocycles. The van der Waals surface area contributed by atoms with E-state index < -0.39 is 0 Å². The Balaban J connectivity index is 2.48. The number of aryl methyl sites for hydroxylation is 1. The smallest absolute Gasteiger partial charge is 0.152 e. The largest absolute Gasteiger partial charge is 0.495 e. The fraction of sp³-hybridized carbons (Fsp3) is 0.357. The average Bonchev–Trinajstić information content (AvgIpc) is 2.70. The lowest BCUT2D eigenvalue weighted by atomic mass is 10.3. The van der Waals surface area contributed by atoms with E-state index in [0.717, 1.165) is 31.9 Å². The first-order valence-electron chi connectivity index (χ1n) is 6.49. The van der Waals surface area contributed by atoms with Gasteiger partial charge in [-0.05, 0) is 58.7 Å². The average molecular weight is 418 g/mol. The van der Waals surface area contributed by atoms with Crippen molar-refractivity contribution in [2.24, 2.45) is 0 Å². The summed E-state index contributed by atoms with van der Waals surface area (Å²) in [6, 6.07) is 4.04. The van der Waals surface area contributed by atoms with Crippen LogP contribution in [0.15, 0.2) is 21.1 Å². The van der Waals surface area contributed by atoms with Crippen molar-refractivity contribution in [2.75, 3.05) is 18.2 Å². The molecule has 5 nitrogen and oxygen atoms in total. The highest BCUT2D eigenvalue weighted by atomic mass is 79.9. The third-order valence-corrected chi connectivity index (χ3v) is 4.39. The van der Waals surface area contributed by atoms with E-state index in [4.69, 9.17) is 10.5 Å². The van der Waals surface area contributed by atoms with E-state index in [1.807, 2.05) is 23.7 Å². The van der Waals surface area contributed by atoms with Gasteiger partial charge in [0.05, 0.1) is 28.7 Å². The number of benzene rings is 1. The number of nitrogens with zero attached hydrogens (tertiary/aromatic N) is 2. The normalized spacial score (nSPS) is 11.0. The van der Waals surface area contributed by atoms with Crippen LogP contribution < -0.4 is 15.8 Å². The van der Waals surface area contributed by atoms with Gasteiger partial charge in [-0.1, -0.05) is 0 Å². The Morgan fingerprint density at radius 1 is 1.29 bits per heavy atom. The molecule has 7 heteroatoms. The van der Waals surface area contributed by atoms with Crippen molar-refractivity contribution in [1.82, 2.24) is 9.78 Å². The van der Waals surface area contributed by atoms with Gasteiger partial charge >= 0.3 is 0 Å². The van der Waals surface area contributed by atoms with Crippen molar-refractivity contribution in [3.05, 3.63) is 26.8 Å². The van der Waals surface area contributed by atoms with Gasteiger partial charge in [0.25, 0.3) is 0 Å². The predicted octanol–water partition coefficient (Wildman–Crippen LogP) is 4.63. The van der Waals surface area contributed by atoms with Crippen molar-refractivity contribution in [3.8, 4) is 5.75 Å². The summed E-state index contributed by atoms with van der Waals surface area (Å²) in [5, 5.41) is 7.81. The van der Waals surface area contributed by atoms with Crippen molar-refractivity contribution >= 4 is 49.1 Å². The van der Waals surface area contributed by atoms with E-state index in [-0.39, 0.29) is 6.04 Å². The molecule has 0 amide bonds. The molecule has 0 unspecified atom stereocenters. The molecular weight excluding hydrogens is 400 g/mol. The number of rotatable bonds is 4. The summed E-state index contributed by atoms with van der Waals surface area (Å²) in [5.74, 6) is 1.53. The van der Waals surface area contributed by atoms with E-state index in [1.165, 1.54) is 0 Å². The molecule has 0 bridgehead atoms. The minimum absolute atomic E-state index is 0.208. The van der Waals surface area contributed by atoms with Crippen LogP contribution in [0.2, 0.25) is 0 Å². The lowest BCUT2D eigenvalue weighted by molar-refractivity contribution is 0.412. The molecule has 1 aromatic carbocycles. The lowest BCUT2D eigenvalue weighted by Gasteiger charge is -2.15. The predicted molar refractivity (Wildman–Crippen MR) is 93.4 cm³/mol. The van der Waals surface area contributed by atoms with E-state index >= 15 is 0 Å². The van der Waals surface area contributed by atoms with Crippen LogP contribution in [0.25, 0.3) is 0 Å². The third-order valence-electron chi connectivity index (χ3n) is 3.12. The Labute approximate surface area is 141 Å². The van der Waals surface area contributed by atoms with Crippen LogP contribution in [-0.2, 0) is 0 Å². The molecule has 0 fully saturated rings. The Kier molecular flexibility index (Phi) is 4.83. The Morgan fingerprint density at radius 3 is 2.52 bits per heavy atom. The lowest BCUT2D eigenvalue weighted by Crippen LogP contribution is -2.08. The topological polar surface area (TPSA) is 65.1 Å². The summed E-state index contributed by atoms with van der Waals surface area (Å²) >= 11 is 7.00. The molecule has 114 valence electrons. The van der Waals surface area contributed by atoms with E-state index in [9.17, 15) is 0 Å². The number of nitrogens with one attached hydrogen (secondary N) is 1. The first-order chi connectivity index (χ1) is 9.85. The van der Waals surface area contributed by atoms with Crippen molar-refractivity contribution < 1.29 is 4.74 Å². The van der Waals surface area contributed by atoms with Crippen LogP contribution in [-0.4, -0.2) is 16.9 Å². The number of ether oxygens (including phenoxy) is 1. The maximum Gasteiger partial charge on any atom is 0.152 e. The molecule has 0 aliphatic rings. The van der Waals surface area contributed by atoms with Gasteiger partial charge in [-0.25, -0.2) is 4.68 Å². The SMILES string of the molecule is COc1cc(Nc2c(N)c(C)nn2C(C)C)c(Br)cc1Br. The second kappa shape index (κ2) is 6.27. The molecule has 0 aliphatic carbocycles. The number of methoxy groups -OCH3 is 1. The summed E-state index contributed by atoms with van der Waals surface area (Å²) < 4.78 is 9.00. The Hall–Kier alpha value is -1.21. The zero-order chi connectivity index (χ0) is 15.7. The van der Waals surface area contributed by atoms with Crippen LogP contribution >= 0.6 is 31.9 Å². The van der Waals surface area contributed by atoms with Gasteiger partial charge < -0.3 is 15.8 Å². The number of anilines is 3. The number of nitrogen functional groups attached to an aromatic ring is 1. The van der Waals surface area contributed by atoms with Crippen LogP contribution in [0, 0.1) is 6.92 Å². The standard InChI is InChI=1S/C14H18Br2N4O/c1-7(2)20-14(13(17)8(3)19-20)18-11-6-12(21-4)10(16)5-9(11)15/h5-7,18H,17H2,1-4H3. The zero-order valence-corrected chi connectivity index (χ0v) is 15.5. The maximum atomic E-state index is 6.14. The summed E-state index contributed by atoms with van der Waals surface area (Å²) in [6.45, 7) is 6.03. The molecule has 0 radical (unpaired) electrons. The van der Waals surface area contributed by atoms with E-state index in [0.29, 0.717) is 5.69 Å². The molecule has 0 spiro atoms. The molecule has 21 heavy (non-hydrogen) atoms. The number of halogens is 2. The highest BCUT2D eigenvalue weighted by Crippen LogP contribution is 2.37. The number of hydrogen-bond acceptors (Lipinski definition) is 4. The van der Waals surface area contributed by atoms with Crippen molar-refractivity contribution in [3.63, 3.8) is 0 Å². The molecule has 1 aromatic heterocycles. The number of nitrogens with two attached hydrogens (primary N) is 1. The van der Waals surface area contributed by atoms with Gasteiger partial charge in [-0.3, -0.25) is 0 Å². The summed E-state index contributed by atoms with van der Waals surface area (Å²) in [4.78, 5) is 0. The third kappa shape index (κ3) is 3.18. The van der Waals surface area contributed by atoms with Gasteiger partial charge in [0.2, 0.25) is 0 Å². The fourth-order valence-corrected chi connectivity index (χ4v) is 3.22. The Bertz CT molecular complexity index is 667. The van der Waals surface area contributed by atoms with Gasteiger partial charge in [0, 0.05) is 16.6 Å². The summed E-state index contributed by atoms with van der Waals surface area (Å²) in [7, 11) is 1.63. The summed E-state index contributed by atoms with van der Waals surface area (Å²) in [6.07, 6.45) is 0. The molecule has 2 rings (SSSR count). The molecule has 3 N–H and O–H groups in total. The minimum Gasteiger partial charge on any atom is -0.495 e. The van der Waals surface area contributed by atoms with Crippen molar-refractivity contribution in [2.45, 2.75) is 26.8 Å². The van der Waals surface area contributed by atoms with Crippen LogP contribution in [0.5, 0.6) is 5.75 Å². The first-order valence-corrected chi connectivity index (χ1v) is 8.08. The summed E-state index contributed by atoms with van der Waals surface area (Å²) in [5.41, 5.74) is 8.46. The van der Waals surface area contributed by atoms with Crippen LogP contribution in [0.1, 0.15) is 25.6 Å². The van der Waals surface area contributed by atoms with Gasteiger partial charge in [0.1, 0.15) is 5.75 Å². The zero-order valence-electron chi connectivity index (χ0n) is 12.4. The monoisotopic (exact) mass is 416 g/mol. The second-order valence-corrected chi connectivity index (χ2v) is 6.69. The van der Waals surface area contributed by atoms with Gasteiger partial charge in [-0.15, -0.1) is 0 Å². The van der Waals surface area contributed by atoms with Crippen molar-refractivity contribution in [1.29, 1.82) is 0 Å². The maximum absolute atomic E-state index is 6.14.